The zero-order valence-electron chi connectivity index (χ0n) is 8.02. The van der Waals surface area contributed by atoms with Crippen LogP contribution in [0.1, 0.15) is 25.0 Å². The van der Waals surface area contributed by atoms with Crippen LogP contribution >= 0.6 is 11.6 Å². The Labute approximate surface area is 83.9 Å². The normalized spacial score (nSPS) is 10.4. The van der Waals surface area contributed by atoms with E-state index < -0.39 is 0 Å². The highest BCUT2D eigenvalue weighted by Crippen LogP contribution is 2.31. The van der Waals surface area contributed by atoms with Gasteiger partial charge in [-0.2, -0.15) is 0 Å². The lowest BCUT2D eigenvalue weighted by Gasteiger charge is -2.13. The highest BCUT2D eigenvalue weighted by molar-refractivity contribution is 6.33. The fraction of sp³-hybridized carbons (Fsp3) is 0.400. The van der Waals surface area contributed by atoms with Crippen LogP contribution < -0.4 is 11.5 Å². The summed E-state index contributed by atoms with van der Waals surface area (Å²) in [4.78, 5) is 0. The molecule has 0 heterocycles. The van der Waals surface area contributed by atoms with Crippen molar-refractivity contribution in [1.82, 2.24) is 0 Å². The van der Waals surface area contributed by atoms with Gasteiger partial charge in [0.15, 0.2) is 0 Å². The Morgan fingerprint density at radius 1 is 1.15 bits per heavy atom. The van der Waals surface area contributed by atoms with E-state index >= 15 is 0 Å². The van der Waals surface area contributed by atoms with Crippen LogP contribution in [0.25, 0.3) is 0 Å². The fourth-order valence-electron chi connectivity index (χ4n) is 1.60. The van der Waals surface area contributed by atoms with Crippen molar-refractivity contribution < 1.29 is 0 Å². The molecule has 0 unspecified atom stereocenters. The average molecular weight is 199 g/mol. The topological polar surface area (TPSA) is 52.0 Å². The number of nitrogen functional groups attached to an aromatic ring is 2. The molecule has 0 aromatic heterocycles. The van der Waals surface area contributed by atoms with Crippen molar-refractivity contribution in [2.75, 3.05) is 11.5 Å². The van der Waals surface area contributed by atoms with Gasteiger partial charge in [0.2, 0.25) is 0 Å². The summed E-state index contributed by atoms with van der Waals surface area (Å²) in [5.74, 6) is 0. The van der Waals surface area contributed by atoms with Crippen molar-refractivity contribution in [3.05, 3.63) is 22.2 Å². The molecule has 0 fully saturated rings. The summed E-state index contributed by atoms with van der Waals surface area (Å²) in [6, 6.07) is 1.73. The SMILES string of the molecule is CCc1c(N)cc(Cl)c(N)c1CC. The molecule has 0 saturated heterocycles. The van der Waals surface area contributed by atoms with E-state index in [1.54, 1.807) is 6.07 Å². The molecule has 3 heteroatoms. The van der Waals surface area contributed by atoms with Crippen LogP contribution in [0.3, 0.4) is 0 Å². The number of rotatable bonds is 2. The second kappa shape index (κ2) is 3.88. The zero-order valence-corrected chi connectivity index (χ0v) is 8.78. The van der Waals surface area contributed by atoms with Gasteiger partial charge in [0.1, 0.15) is 0 Å². The molecule has 1 aromatic rings. The molecule has 0 atom stereocenters. The zero-order chi connectivity index (χ0) is 10.0. The summed E-state index contributed by atoms with van der Waals surface area (Å²) in [6.07, 6.45) is 1.77. The third-order valence-electron chi connectivity index (χ3n) is 2.28. The molecular weight excluding hydrogens is 184 g/mol. The lowest BCUT2D eigenvalue weighted by atomic mass is 9.99. The van der Waals surface area contributed by atoms with E-state index in [0.29, 0.717) is 10.7 Å². The molecule has 4 N–H and O–H groups in total. The van der Waals surface area contributed by atoms with E-state index in [4.69, 9.17) is 23.1 Å². The highest BCUT2D eigenvalue weighted by Gasteiger charge is 2.10. The van der Waals surface area contributed by atoms with Gasteiger partial charge in [0.25, 0.3) is 0 Å². The Morgan fingerprint density at radius 3 is 2.15 bits per heavy atom. The summed E-state index contributed by atoms with van der Waals surface area (Å²) in [5, 5.41) is 0.562. The maximum Gasteiger partial charge on any atom is 0.0658 e. The summed E-state index contributed by atoms with van der Waals surface area (Å²) in [5.41, 5.74) is 15.3. The number of halogens is 1. The summed E-state index contributed by atoms with van der Waals surface area (Å²) < 4.78 is 0. The number of hydrogen-bond acceptors (Lipinski definition) is 2. The minimum Gasteiger partial charge on any atom is -0.398 e. The van der Waals surface area contributed by atoms with Crippen LogP contribution in [0.2, 0.25) is 5.02 Å². The first-order valence-electron chi connectivity index (χ1n) is 4.47. The molecular formula is C10H15ClN2. The fourth-order valence-corrected chi connectivity index (χ4v) is 1.84. The number of anilines is 2. The smallest absolute Gasteiger partial charge is 0.0658 e. The molecule has 0 bridgehead atoms. The molecule has 2 nitrogen and oxygen atoms in total. The van der Waals surface area contributed by atoms with E-state index in [-0.39, 0.29) is 0 Å². The van der Waals surface area contributed by atoms with Crippen LogP contribution in [-0.2, 0) is 12.8 Å². The van der Waals surface area contributed by atoms with Crippen LogP contribution in [0.5, 0.6) is 0 Å². The first-order chi connectivity index (χ1) is 6.11. The molecule has 0 amide bonds. The van der Waals surface area contributed by atoms with Crippen molar-refractivity contribution >= 4 is 23.0 Å². The lowest BCUT2D eigenvalue weighted by molar-refractivity contribution is 1.04. The Bertz CT molecular complexity index is 321. The molecule has 0 aliphatic carbocycles. The van der Waals surface area contributed by atoms with Gasteiger partial charge in [-0.05, 0) is 30.0 Å². The molecule has 1 aromatic carbocycles. The molecule has 0 radical (unpaired) electrons. The summed E-state index contributed by atoms with van der Waals surface area (Å²) in [7, 11) is 0. The van der Waals surface area contributed by atoms with Crippen LogP contribution in [0, 0.1) is 0 Å². The first kappa shape index (κ1) is 10.2. The van der Waals surface area contributed by atoms with Crippen molar-refractivity contribution in [2.24, 2.45) is 0 Å². The standard InChI is InChI=1S/C10H15ClN2/c1-3-6-7(4-2)10(13)8(11)5-9(6)12/h5H,3-4,12-13H2,1-2H3. The molecule has 0 aliphatic heterocycles. The van der Waals surface area contributed by atoms with Gasteiger partial charge >= 0.3 is 0 Å². The average Bonchev–Trinajstić information content (AvgIpc) is 2.10. The quantitative estimate of drug-likeness (QED) is 0.718. The van der Waals surface area contributed by atoms with Crippen molar-refractivity contribution in [2.45, 2.75) is 26.7 Å². The maximum absolute atomic E-state index is 5.92. The molecule has 72 valence electrons. The van der Waals surface area contributed by atoms with Crippen molar-refractivity contribution in [1.29, 1.82) is 0 Å². The summed E-state index contributed by atoms with van der Waals surface area (Å²) >= 11 is 5.92. The van der Waals surface area contributed by atoms with Crippen LogP contribution in [0.4, 0.5) is 11.4 Å². The Kier molecular flexibility index (Phi) is 3.04. The van der Waals surface area contributed by atoms with E-state index in [1.807, 2.05) is 0 Å². The third-order valence-corrected chi connectivity index (χ3v) is 2.60. The van der Waals surface area contributed by atoms with Gasteiger partial charge in [-0.25, -0.2) is 0 Å². The van der Waals surface area contributed by atoms with E-state index in [1.165, 1.54) is 0 Å². The second-order valence-corrected chi connectivity index (χ2v) is 3.43. The predicted molar refractivity (Wildman–Crippen MR) is 59.0 cm³/mol. The number of hydrogen-bond donors (Lipinski definition) is 2. The molecule has 0 spiro atoms. The van der Waals surface area contributed by atoms with E-state index in [0.717, 1.165) is 29.7 Å². The van der Waals surface area contributed by atoms with Gasteiger partial charge in [0, 0.05) is 5.69 Å². The van der Waals surface area contributed by atoms with Crippen molar-refractivity contribution in [3.63, 3.8) is 0 Å². The van der Waals surface area contributed by atoms with Gasteiger partial charge < -0.3 is 11.5 Å². The minimum absolute atomic E-state index is 0.562. The molecule has 13 heavy (non-hydrogen) atoms. The Balaban J connectivity index is 3.41. The first-order valence-corrected chi connectivity index (χ1v) is 4.84. The third kappa shape index (κ3) is 1.73. The maximum atomic E-state index is 5.92. The molecule has 0 saturated carbocycles. The monoisotopic (exact) mass is 198 g/mol. The molecule has 0 aliphatic rings. The van der Waals surface area contributed by atoms with Gasteiger partial charge in [-0.3, -0.25) is 0 Å². The van der Waals surface area contributed by atoms with Gasteiger partial charge in [-0.15, -0.1) is 0 Å². The van der Waals surface area contributed by atoms with E-state index in [9.17, 15) is 0 Å². The van der Waals surface area contributed by atoms with Gasteiger partial charge in [0.05, 0.1) is 10.7 Å². The Hall–Kier alpha value is -0.890. The summed E-state index contributed by atoms with van der Waals surface area (Å²) in [6.45, 7) is 4.12. The number of nitrogens with two attached hydrogens (primary N) is 2. The largest absolute Gasteiger partial charge is 0.398 e. The lowest BCUT2D eigenvalue weighted by Crippen LogP contribution is -2.03. The van der Waals surface area contributed by atoms with Crippen molar-refractivity contribution in [3.8, 4) is 0 Å². The highest BCUT2D eigenvalue weighted by atomic mass is 35.5. The Morgan fingerprint density at radius 2 is 1.69 bits per heavy atom. The molecule has 1 rings (SSSR count). The second-order valence-electron chi connectivity index (χ2n) is 3.03. The van der Waals surface area contributed by atoms with Crippen LogP contribution in [0.15, 0.2) is 6.07 Å². The van der Waals surface area contributed by atoms with E-state index in [2.05, 4.69) is 13.8 Å². The van der Waals surface area contributed by atoms with Crippen LogP contribution in [-0.4, -0.2) is 0 Å². The predicted octanol–water partition coefficient (Wildman–Crippen LogP) is 2.63. The van der Waals surface area contributed by atoms with Gasteiger partial charge in [-0.1, -0.05) is 25.4 Å². The number of benzene rings is 1. The minimum atomic E-state index is 0.562.